The Morgan fingerprint density at radius 3 is 2.28 bits per heavy atom. The first-order valence-electron chi connectivity index (χ1n) is 7.08. The van der Waals surface area contributed by atoms with Gasteiger partial charge >= 0.3 is 10.1 Å². The lowest BCUT2D eigenvalue weighted by molar-refractivity contribution is -0.110. The molecule has 25 heavy (non-hydrogen) atoms. The van der Waals surface area contributed by atoms with Crippen LogP contribution >= 0.6 is 23.2 Å². The highest BCUT2D eigenvalue weighted by Gasteiger charge is 2.07. The molecular weight excluding hydrogens is 383 g/mol. The van der Waals surface area contributed by atoms with Gasteiger partial charge in [0.15, 0.2) is 5.78 Å². The minimum atomic E-state index is -3.65. The van der Waals surface area contributed by atoms with Crippen molar-refractivity contribution in [2.75, 3.05) is 6.26 Å². The van der Waals surface area contributed by atoms with Gasteiger partial charge in [0.25, 0.3) is 0 Å². The number of para-hydroxylation sites is 1. The third kappa shape index (κ3) is 6.38. The normalized spacial score (nSPS) is 12.0. The molecule has 0 aliphatic carbocycles. The Balaban J connectivity index is 2.14. The maximum atomic E-state index is 12.0. The molecule has 0 fully saturated rings. The molecule has 0 spiro atoms. The number of benzene rings is 2. The number of allylic oxidation sites excluding steroid dienone is 2. The Kier molecular flexibility index (Phi) is 6.42. The van der Waals surface area contributed by atoms with Crippen LogP contribution in [0, 0.1) is 0 Å². The quantitative estimate of drug-likeness (QED) is 0.527. The van der Waals surface area contributed by atoms with E-state index < -0.39 is 10.1 Å². The van der Waals surface area contributed by atoms with E-state index in [0.29, 0.717) is 21.2 Å². The molecule has 130 valence electrons. The summed E-state index contributed by atoms with van der Waals surface area (Å²) in [5, 5.41) is 0.947. The third-order valence-corrected chi connectivity index (χ3v) is 4.02. The first kappa shape index (κ1) is 19.2. The fourth-order valence-electron chi connectivity index (χ4n) is 1.89. The van der Waals surface area contributed by atoms with Crippen molar-refractivity contribution in [3.8, 4) is 5.75 Å². The van der Waals surface area contributed by atoms with E-state index in [9.17, 15) is 13.2 Å². The molecule has 0 radical (unpaired) electrons. The van der Waals surface area contributed by atoms with Crippen molar-refractivity contribution >= 4 is 51.3 Å². The molecular formula is C18H14Cl2O4S. The van der Waals surface area contributed by atoms with Crippen molar-refractivity contribution < 1.29 is 17.4 Å². The molecule has 4 nitrogen and oxygen atoms in total. The van der Waals surface area contributed by atoms with Crippen LogP contribution in [0.15, 0.2) is 54.6 Å². The van der Waals surface area contributed by atoms with E-state index in [1.54, 1.807) is 42.5 Å². The van der Waals surface area contributed by atoms with E-state index in [4.69, 9.17) is 27.4 Å². The van der Waals surface area contributed by atoms with Crippen LogP contribution in [0.25, 0.3) is 12.2 Å². The van der Waals surface area contributed by atoms with E-state index in [0.717, 1.165) is 6.26 Å². The number of ketones is 1. The third-order valence-electron chi connectivity index (χ3n) is 2.98. The summed E-state index contributed by atoms with van der Waals surface area (Å²) < 4.78 is 27.4. The number of rotatable bonds is 6. The lowest BCUT2D eigenvalue weighted by Crippen LogP contribution is -2.06. The second-order valence-electron chi connectivity index (χ2n) is 5.06. The van der Waals surface area contributed by atoms with Crippen LogP contribution in [0.2, 0.25) is 10.0 Å². The van der Waals surface area contributed by atoms with Crippen LogP contribution in [-0.2, 0) is 14.9 Å². The van der Waals surface area contributed by atoms with Gasteiger partial charge in [-0.2, -0.15) is 8.42 Å². The molecule has 0 saturated heterocycles. The Hall–Kier alpha value is -2.08. The number of carbonyl (C=O) groups excluding carboxylic acids is 1. The number of carbonyl (C=O) groups is 1. The summed E-state index contributed by atoms with van der Waals surface area (Å²) in [7, 11) is -3.65. The number of halogens is 2. The zero-order valence-electron chi connectivity index (χ0n) is 13.1. The second kappa shape index (κ2) is 8.34. The van der Waals surface area contributed by atoms with Gasteiger partial charge in [0, 0.05) is 15.6 Å². The molecule has 0 aliphatic rings. The molecule has 7 heteroatoms. The summed E-state index contributed by atoms with van der Waals surface area (Å²) in [6.07, 6.45) is 6.68. The van der Waals surface area contributed by atoms with Gasteiger partial charge in [-0.15, -0.1) is 0 Å². The van der Waals surface area contributed by atoms with E-state index in [2.05, 4.69) is 0 Å². The molecule has 0 saturated carbocycles. The van der Waals surface area contributed by atoms with Gasteiger partial charge in [-0.3, -0.25) is 4.79 Å². The van der Waals surface area contributed by atoms with E-state index >= 15 is 0 Å². The molecule has 0 N–H and O–H groups in total. The highest BCUT2D eigenvalue weighted by Crippen LogP contribution is 2.23. The summed E-state index contributed by atoms with van der Waals surface area (Å²) in [5.74, 6) is -0.140. The average Bonchev–Trinajstić information content (AvgIpc) is 2.52. The van der Waals surface area contributed by atoms with Gasteiger partial charge in [0.05, 0.1) is 6.26 Å². The van der Waals surface area contributed by atoms with Crippen LogP contribution < -0.4 is 4.18 Å². The average molecular weight is 397 g/mol. The summed E-state index contributed by atoms with van der Waals surface area (Å²) in [4.78, 5) is 12.0. The first-order chi connectivity index (χ1) is 11.7. The smallest absolute Gasteiger partial charge is 0.306 e. The van der Waals surface area contributed by atoms with Crippen LogP contribution in [-0.4, -0.2) is 20.5 Å². The minimum absolute atomic E-state index is 0.152. The lowest BCUT2D eigenvalue weighted by atomic mass is 10.1. The zero-order valence-corrected chi connectivity index (χ0v) is 15.5. The van der Waals surface area contributed by atoms with Crippen molar-refractivity contribution in [2.45, 2.75) is 0 Å². The van der Waals surface area contributed by atoms with Crippen molar-refractivity contribution in [1.82, 2.24) is 0 Å². The molecule has 0 bridgehead atoms. The predicted molar refractivity (Wildman–Crippen MR) is 101 cm³/mol. The molecule has 2 aromatic rings. The van der Waals surface area contributed by atoms with E-state index in [-0.39, 0.29) is 11.5 Å². The van der Waals surface area contributed by atoms with Crippen LogP contribution in [0.3, 0.4) is 0 Å². The molecule has 2 aromatic carbocycles. The van der Waals surface area contributed by atoms with Crippen molar-refractivity contribution in [1.29, 1.82) is 0 Å². The van der Waals surface area contributed by atoms with E-state index in [1.165, 1.54) is 24.3 Å². The zero-order chi connectivity index (χ0) is 18.4. The van der Waals surface area contributed by atoms with Crippen LogP contribution in [0.4, 0.5) is 0 Å². The van der Waals surface area contributed by atoms with Crippen molar-refractivity contribution in [2.24, 2.45) is 0 Å². The van der Waals surface area contributed by atoms with Gasteiger partial charge < -0.3 is 4.18 Å². The Bertz CT molecular complexity index is 947. The highest BCUT2D eigenvalue weighted by molar-refractivity contribution is 7.86. The van der Waals surface area contributed by atoms with Gasteiger partial charge in [-0.1, -0.05) is 47.5 Å². The summed E-state index contributed by atoms with van der Waals surface area (Å²) in [6.45, 7) is 0. The molecule has 0 amide bonds. The molecule has 2 rings (SSSR count). The topological polar surface area (TPSA) is 60.4 Å². The molecule has 0 unspecified atom stereocenters. The molecule has 0 atom stereocenters. The molecule has 0 aliphatic heterocycles. The largest absolute Gasteiger partial charge is 0.382 e. The SMILES string of the molecule is CS(=O)(=O)Oc1ccccc1/C=C/C(=O)/C=C/c1ccc(Cl)cc1Cl. The maximum Gasteiger partial charge on any atom is 0.306 e. The summed E-state index contributed by atoms with van der Waals surface area (Å²) in [6, 6.07) is 11.5. The standard InChI is InChI=1S/C18H14Cl2O4S/c1-25(22,23)24-18-5-3-2-4-14(18)8-11-16(21)10-7-13-6-9-15(19)12-17(13)20/h2-12H,1H3/b10-7+,11-8+. The van der Waals surface area contributed by atoms with Crippen molar-refractivity contribution in [3.63, 3.8) is 0 Å². The number of hydrogen-bond donors (Lipinski definition) is 0. The summed E-state index contributed by atoms with van der Waals surface area (Å²) >= 11 is 11.8. The first-order valence-corrected chi connectivity index (χ1v) is 9.65. The second-order valence-corrected chi connectivity index (χ2v) is 7.48. The van der Waals surface area contributed by atoms with Gasteiger partial charge in [-0.25, -0.2) is 0 Å². The molecule has 0 heterocycles. The number of hydrogen-bond acceptors (Lipinski definition) is 4. The fraction of sp³-hybridized carbons (Fsp3) is 0.0556. The van der Waals surface area contributed by atoms with Gasteiger partial charge in [-0.05, 0) is 48.1 Å². The monoisotopic (exact) mass is 396 g/mol. The summed E-state index contributed by atoms with van der Waals surface area (Å²) in [5.41, 5.74) is 1.13. The Labute approximate surface area is 156 Å². The van der Waals surface area contributed by atoms with Crippen LogP contribution in [0.5, 0.6) is 5.75 Å². The minimum Gasteiger partial charge on any atom is -0.382 e. The van der Waals surface area contributed by atoms with Crippen molar-refractivity contribution in [3.05, 3.63) is 75.8 Å². The highest BCUT2D eigenvalue weighted by atomic mass is 35.5. The van der Waals surface area contributed by atoms with Crippen LogP contribution in [0.1, 0.15) is 11.1 Å². The predicted octanol–water partition coefficient (Wildman–Crippen LogP) is 4.63. The molecule has 0 aromatic heterocycles. The Morgan fingerprint density at radius 2 is 1.64 bits per heavy atom. The Morgan fingerprint density at radius 1 is 1.00 bits per heavy atom. The van der Waals surface area contributed by atoms with Gasteiger partial charge in [0.2, 0.25) is 0 Å². The maximum absolute atomic E-state index is 12.0. The van der Waals surface area contributed by atoms with Gasteiger partial charge in [0.1, 0.15) is 5.75 Å². The fourth-order valence-corrected chi connectivity index (χ4v) is 2.84. The van der Waals surface area contributed by atoms with E-state index in [1.807, 2.05) is 0 Å². The lowest BCUT2D eigenvalue weighted by Gasteiger charge is -2.05.